The first-order chi connectivity index (χ1) is 0. The smallest absolute Gasteiger partial charge is 1.00 e. The van der Waals surface area contributed by atoms with Gasteiger partial charge in [0.1, 0.15) is 0 Å². The van der Waals surface area contributed by atoms with Crippen molar-refractivity contribution in [3.63, 3.8) is 0 Å². The predicted molar refractivity (Wildman–Crippen MR) is 27.4 cm³/mol. The van der Waals surface area contributed by atoms with Gasteiger partial charge in [-0.05, 0) is 0 Å². The van der Waals surface area contributed by atoms with Crippen LogP contribution >= 0.6 is 0 Å². The van der Waals surface area contributed by atoms with Crippen LogP contribution in [-0.2, 0) is 0 Å². The molecule has 0 rings (SSSR count). The Kier molecular flexibility index (Phi) is 4770. The topological polar surface area (TPSA) is 189 Å². The van der Waals surface area contributed by atoms with E-state index in [2.05, 4.69) is 0 Å². The van der Waals surface area contributed by atoms with E-state index >= 15 is 0 Å². The quantitative estimate of drug-likeness (QED) is 0.373. The van der Waals surface area contributed by atoms with Crippen molar-refractivity contribution in [2.75, 3.05) is 0 Å². The van der Waals surface area contributed by atoms with E-state index in [1.165, 1.54) is 0 Å². The van der Waals surface area contributed by atoms with Gasteiger partial charge in [-0.2, -0.15) is 0 Å². The Morgan fingerprint density at radius 1 is 0.333 bits per heavy atom. The summed E-state index contributed by atoms with van der Waals surface area (Å²) in [6.07, 6.45) is 0. The molecule has 0 aliphatic carbocycles. The second kappa shape index (κ2) is 178. The minimum Gasteiger partial charge on any atom is -1.00 e. The standard InChI is InChI=1S/2BrH.6H2O.Sr/h2*1H;6*1H2;/q;;;;;;;;+2/p-2. The molecule has 6 nitrogen and oxygen atoms in total. The Labute approximate surface area is 111 Å². The first-order valence-corrected chi connectivity index (χ1v) is 0. The van der Waals surface area contributed by atoms with Gasteiger partial charge in [-0.25, -0.2) is 0 Å². The third kappa shape index (κ3) is 142. The number of halogens is 2. The molecule has 0 unspecified atom stereocenters. The molecule has 12 N–H and O–H groups in total. The molecule has 0 amide bonds. The van der Waals surface area contributed by atoms with E-state index in [1.807, 2.05) is 0 Å². The van der Waals surface area contributed by atoms with Crippen LogP contribution in [0.25, 0.3) is 0 Å². The second-order valence-corrected chi connectivity index (χ2v) is 0. The van der Waals surface area contributed by atoms with E-state index in [0.29, 0.717) is 0 Å². The first kappa shape index (κ1) is 241. The maximum Gasteiger partial charge on any atom is 2.00 e. The van der Waals surface area contributed by atoms with Gasteiger partial charge in [-0.1, -0.05) is 0 Å². The Morgan fingerprint density at radius 3 is 0.333 bits per heavy atom. The molecule has 0 fully saturated rings. The van der Waals surface area contributed by atoms with Gasteiger partial charge in [-0.15, -0.1) is 0 Å². The minimum atomic E-state index is 0. The Morgan fingerprint density at radius 2 is 0.333 bits per heavy atom. The Bertz CT molecular complexity index is 11.0. The molecule has 0 aliphatic rings. The molecule has 0 spiro atoms. The van der Waals surface area contributed by atoms with E-state index in [1.54, 1.807) is 0 Å². The van der Waals surface area contributed by atoms with Crippen molar-refractivity contribution in [3.8, 4) is 0 Å². The summed E-state index contributed by atoms with van der Waals surface area (Å²) < 4.78 is 0. The molecule has 0 saturated heterocycles. The molecule has 0 bridgehead atoms. The molecule has 0 aromatic carbocycles. The molecule has 0 aromatic rings. The third-order valence-electron chi connectivity index (χ3n) is 0. The van der Waals surface area contributed by atoms with Crippen molar-refractivity contribution in [1.29, 1.82) is 0 Å². The fourth-order valence-electron chi connectivity index (χ4n) is 0. The van der Waals surface area contributed by atoms with Crippen LogP contribution in [0.2, 0.25) is 0 Å². The van der Waals surface area contributed by atoms with Crippen molar-refractivity contribution in [2.24, 2.45) is 0 Å². The molecular weight excluding hydrogens is 343 g/mol. The van der Waals surface area contributed by atoms with Crippen LogP contribution in [0.3, 0.4) is 0 Å². The van der Waals surface area contributed by atoms with Crippen LogP contribution in [0.1, 0.15) is 0 Å². The summed E-state index contributed by atoms with van der Waals surface area (Å²) in [7, 11) is 0. The van der Waals surface area contributed by atoms with Crippen LogP contribution in [0.15, 0.2) is 0 Å². The van der Waals surface area contributed by atoms with Crippen molar-refractivity contribution in [3.05, 3.63) is 0 Å². The Balaban J connectivity index is 0. The molecule has 0 atom stereocenters. The molecule has 0 saturated carbocycles. The average molecular weight is 356 g/mol. The van der Waals surface area contributed by atoms with Crippen molar-refractivity contribution in [2.45, 2.75) is 0 Å². The Hall–Kier alpha value is 2.20. The van der Waals surface area contributed by atoms with E-state index in [-0.39, 0.29) is 112 Å². The number of hydrogen-bond donors (Lipinski definition) is 0. The summed E-state index contributed by atoms with van der Waals surface area (Å²) in [5.41, 5.74) is 0. The second-order valence-electron chi connectivity index (χ2n) is 0. The fourth-order valence-corrected chi connectivity index (χ4v) is 0. The minimum absolute atomic E-state index is 0. The molecular formula is H12Br2O6Sr. The SMILES string of the molecule is O.O.O.O.O.O.[Br-].[Br-].[Sr+2]. The van der Waals surface area contributed by atoms with E-state index < -0.39 is 0 Å². The van der Waals surface area contributed by atoms with Gasteiger partial charge < -0.3 is 66.8 Å². The fraction of sp³-hybridized carbons (Fsp3) is 0. The van der Waals surface area contributed by atoms with E-state index in [0.717, 1.165) is 0 Å². The molecule has 0 aromatic heterocycles. The summed E-state index contributed by atoms with van der Waals surface area (Å²) in [5, 5.41) is 0. The van der Waals surface area contributed by atoms with Crippen LogP contribution in [-0.4, -0.2) is 78.3 Å². The average Bonchev–Trinajstić information content (AvgIpc) is 0. The van der Waals surface area contributed by atoms with Crippen LogP contribution in [0.5, 0.6) is 0 Å². The van der Waals surface area contributed by atoms with Crippen molar-refractivity contribution in [1.82, 2.24) is 0 Å². The zero-order valence-electron chi connectivity index (χ0n) is 4.46. The molecule has 9 heteroatoms. The van der Waals surface area contributed by atoms with Crippen molar-refractivity contribution < 1.29 is 66.8 Å². The molecule has 0 aliphatic heterocycles. The summed E-state index contributed by atoms with van der Waals surface area (Å²) >= 11 is 0. The maximum atomic E-state index is 0. The molecule has 0 heterocycles. The predicted octanol–water partition coefficient (Wildman–Crippen LogP) is -11.3. The van der Waals surface area contributed by atoms with Gasteiger partial charge >= 0.3 is 45.5 Å². The third-order valence-corrected chi connectivity index (χ3v) is 0. The van der Waals surface area contributed by atoms with Gasteiger partial charge in [0.2, 0.25) is 0 Å². The molecule has 0 radical (unpaired) electrons. The zero-order chi connectivity index (χ0) is 0. The zero-order valence-corrected chi connectivity index (χ0v) is 11.1. The normalized spacial score (nSPS) is 0. The van der Waals surface area contributed by atoms with Crippen LogP contribution < -0.4 is 34.0 Å². The van der Waals surface area contributed by atoms with Gasteiger partial charge in [0.05, 0.1) is 0 Å². The van der Waals surface area contributed by atoms with Crippen LogP contribution in [0.4, 0.5) is 0 Å². The van der Waals surface area contributed by atoms with E-state index in [4.69, 9.17) is 0 Å². The molecule has 64 valence electrons. The van der Waals surface area contributed by atoms with Gasteiger partial charge in [-0.3, -0.25) is 0 Å². The largest absolute Gasteiger partial charge is 2.00 e. The van der Waals surface area contributed by atoms with Crippen molar-refractivity contribution >= 4 is 45.5 Å². The van der Waals surface area contributed by atoms with Gasteiger partial charge in [0.15, 0.2) is 0 Å². The first-order valence-electron chi connectivity index (χ1n) is 0. The monoisotopic (exact) mass is 354 g/mol. The molecule has 9 heavy (non-hydrogen) atoms. The summed E-state index contributed by atoms with van der Waals surface area (Å²) in [5.74, 6) is 0. The van der Waals surface area contributed by atoms with E-state index in [9.17, 15) is 0 Å². The summed E-state index contributed by atoms with van der Waals surface area (Å²) in [6, 6.07) is 0. The van der Waals surface area contributed by atoms with Gasteiger partial charge in [0, 0.05) is 0 Å². The summed E-state index contributed by atoms with van der Waals surface area (Å²) in [6.45, 7) is 0. The number of rotatable bonds is 0. The maximum absolute atomic E-state index is 0. The van der Waals surface area contributed by atoms with Crippen LogP contribution in [0, 0.1) is 0 Å². The van der Waals surface area contributed by atoms with Gasteiger partial charge in [0.25, 0.3) is 0 Å². The summed E-state index contributed by atoms with van der Waals surface area (Å²) in [4.78, 5) is 0. The number of hydrogen-bond acceptors (Lipinski definition) is 0.